The number of halogens is 1. The summed E-state index contributed by atoms with van der Waals surface area (Å²) in [6, 6.07) is -0.00309. The van der Waals surface area contributed by atoms with E-state index in [-0.39, 0.29) is 23.9 Å². The number of fused-ring (bicyclic) bond motifs is 1. The third-order valence-corrected chi connectivity index (χ3v) is 6.35. The van der Waals surface area contributed by atoms with Crippen LogP contribution in [0.4, 0.5) is 4.39 Å². The SMILES string of the molecule is CC(=O)N[C@@H](C)COC1CC(COC2CC=c3nc(C(C)(C)O)sc3=C2F)C1. The van der Waals surface area contributed by atoms with E-state index in [0.717, 1.165) is 12.8 Å². The number of aromatic nitrogens is 1. The van der Waals surface area contributed by atoms with Gasteiger partial charge in [0.25, 0.3) is 0 Å². The average molecular weight is 413 g/mol. The Morgan fingerprint density at radius 1 is 1.46 bits per heavy atom. The van der Waals surface area contributed by atoms with Crippen LogP contribution in [0.2, 0.25) is 0 Å². The van der Waals surface area contributed by atoms with E-state index in [4.69, 9.17) is 9.47 Å². The van der Waals surface area contributed by atoms with Gasteiger partial charge in [-0.05, 0) is 39.5 Å². The maximum Gasteiger partial charge on any atom is 0.217 e. The molecule has 1 aromatic rings. The van der Waals surface area contributed by atoms with Gasteiger partial charge >= 0.3 is 0 Å². The summed E-state index contributed by atoms with van der Waals surface area (Å²) >= 11 is 1.19. The van der Waals surface area contributed by atoms with Gasteiger partial charge in [-0.3, -0.25) is 4.79 Å². The monoisotopic (exact) mass is 412 g/mol. The minimum atomic E-state index is -1.08. The summed E-state index contributed by atoms with van der Waals surface area (Å²) in [5, 5.41) is 14.0. The third-order valence-electron chi connectivity index (χ3n) is 4.96. The first-order valence-corrected chi connectivity index (χ1v) is 10.5. The Hall–Kier alpha value is -1.35. The van der Waals surface area contributed by atoms with Crippen LogP contribution in [0.3, 0.4) is 0 Å². The van der Waals surface area contributed by atoms with Crippen LogP contribution in [0.5, 0.6) is 0 Å². The fourth-order valence-electron chi connectivity index (χ4n) is 3.38. The molecule has 0 radical (unpaired) electrons. The fourth-order valence-corrected chi connectivity index (χ4v) is 4.43. The number of nitrogens with one attached hydrogen (secondary N) is 1. The molecule has 2 N–H and O–H groups in total. The molecule has 6 nitrogen and oxygen atoms in total. The molecule has 8 heteroatoms. The van der Waals surface area contributed by atoms with E-state index in [0.29, 0.717) is 40.4 Å². The zero-order valence-electron chi connectivity index (χ0n) is 16.8. The smallest absolute Gasteiger partial charge is 0.217 e. The summed E-state index contributed by atoms with van der Waals surface area (Å²) in [5.41, 5.74) is -1.08. The second-order valence-electron chi connectivity index (χ2n) is 8.30. The molecule has 1 aromatic heterocycles. The fraction of sp³-hybridized carbons (Fsp3) is 0.700. The minimum absolute atomic E-state index is 0.00309. The lowest BCUT2D eigenvalue weighted by Crippen LogP contribution is -2.40. The van der Waals surface area contributed by atoms with E-state index in [1.807, 2.05) is 13.0 Å². The summed E-state index contributed by atoms with van der Waals surface area (Å²) in [5.74, 6) is 0.0164. The first-order valence-electron chi connectivity index (χ1n) is 9.73. The van der Waals surface area contributed by atoms with Crippen LogP contribution < -0.4 is 15.2 Å². The second-order valence-corrected chi connectivity index (χ2v) is 9.30. The normalized spacial score (nSPS) is 25.5. The number of carbonyl (C=O) groups excluding carboxylic acids is 1. The molecule has 1 heterocycles. The van der Waals surface area contributed by atoms with Gasteiger partial charge in [-0.15, -0.1) is 11.3 Å². The standard InChI is InChI=1S/C20H29FN2O4S/c1-11(22-12(2)24)9-26-14-7-13(8-14)10-27-16-6-5-15-18(17(16)21)28-19(23-15)20(3,4)25/h5,11,13-14,16,25H,6-10H2,1-4H3,(H,22,24)/t11-,13?,14?,16?/m0/s1. The lowest BCUT2D eigenvalue weighted by Gasteiger charge is -2.36. The molecule has 2 atom stereocenters. The Morgan fingerprint density at radius 2 is 2.18 bits per heavy atom. The molecule has 0 aliphatic heterocycles. The van der Waals surface area contributed by atoms with Crippen molar-refractivity contribution in [3.63, 3.8) is 0 Å². The zero-order valence-corrected chi connectivity index (χ0v) is 17.6. The van der Waals surface area contributed by atoms with E-state index in [2.05, 4.69) is 10.3 Å². The topological polar surface area (TPSA) is 80.7 Å². The van der Waals surface area contributed by atoms with Crippen molar-refractivity contribution < 1.29 is 23.8 Å². The molecule has 0 bridgehead atoms. The highest BCUT2D eigenvalue weighted by Crippen LogP contribution is 2.31. The van der Waals surface area contributed by atoms with Gasteiger partial charge in [-0.1, -0.05) is 6.08 Å². The Kier molecular flexibility index (Phi) is 6.54. The predicted molar refractivity (Wildman–Crippen MR) is 106 cm³/mol. The summed E-state index contributed by atoms with van der Waals surface area (Å²) in [6.07, 6.45) is 3.71. The van der Waals surface area contributed by atoms with Crippen molar-refractivity contribution in [3.8, 4) is 0 Å². The molecule has 0 saturated heterocycles. The number of hydrogen-bond acceptors (Lipinski definition) is 6. The van der Waals surface area contributed by atoms with Gasteiger partial charge in [0.2, 0.25) is 5.91 Å². The van der Waals surface area contributed by atoms with Crippen molar-refractivity contribution >= 4 is 29.1 Å². The molecule has 3 rings (SSSR count). The molecule has 1 amide bonds. The van der Waals surface area contributed by atoms with Gasteiger partial charge in [0.1, 0.15) is 22.5 Å². The zero-order chi connectivity index (χ0) is 20.5. The van der Waals surface area contributed by atoms with Gasteiger partial charge in [-0.2, -0.15) is 0 Å². The van der Waals surface area contributed by atoms with Crippen molar-refractivity contribution in [2.45, 2.75) is 70.8 Å². The largest absolute Gasteiger partial charge is 0.383 e. The summed E-state index contributed by atoms with van der Waals surface area (Å²) in [7, 11) is 0. The second kappa shape index (κ2) is 8.57. The van der Waals surface area contributed by atoms with Crippen molar-refractivity contribution in [2.75, 3.05) is 13.2 Å². The van der Waals surface area contributed by atoms with Crippen LogP contribution >= 0.6 is 11.3 Å². The van der Waals surface area contributed by atoms with Gasteiger partial charge < -0.3 is 19.9 Å². The molecule has 0 aromatic carbocycles. The molecule has 2 aliphatic carbocycles. The van der Waals surface area contributed by atoms with Gasteiger partial charge in [0.05, 0.1) is 29.2 Å². The average Bonchev–Trinajstić information content (AvgIpc) is 2.99. The number of hydrogen-bond donors (Lipinski definition) is 2. The number of nitrogens with zero attached hydrogens (tertiary/aromatic N) is 1. The van der Waals surface area contributed by atoms with Crippen LogP contribution in [0.1, 0.15) is 52.0 Å². The molecule has 2 aliphatic rings. The molecular formula is C20H29FN2O4S. The van der Waals surface area contributed by atoms with Gasteiger partial charge in [0.15, 0.2) is 0 Å². The number of aliphatic hydroxyl groups is 1. The van der Waals surface area contributed by atoms with Crippen LogP contribution in [-0.2, 0) is 19.9 Å². The maximum atomic E-state index is 14.8. The minimum Gasteiger partial charge on any atom is -0.383 e. The summed E-state index contributed by atoms with van der Waals surface area (Å²) < 4.78 is 26.9. The van der Waals surface area contributed by atoms with E-state index in [1.54, 1.807) is 13.8 Å². The Labute approximate surface area is 168 Å². The number of rotatable bonds is 8. The maximum absolute atomic E-state index is 14.8. The highest BCUT2D eigenvalue weighted by molar-refractivity contribution is 7.09. The van der Waals surface area contributed by atoms with E-state index < -0.39 is 11.7 Å². The Bertz CT molecular complexity index is 826. The highest BCUT2D eigenvalue weighted by atomic mass is 32.1. The first kappa shape index (κ1) is 21.4. The Morgan fingerprint density at radius 3 is 2.82 bits per heavy atom. The van der Waals surface area contributed by atoms with E-state index in [9.17, 15) is 14.3 Å². The molecule has 1 fully saturated rings. The molecule has 28 heavy (non-hydrogen) atoms. The van der Waals surface area contributed by atoms with Gasteiger partial charge in [0, 0.05) is 19.4 Å². The molecule has 156 valence electrons. The molecular weight excluding hydrogens is 383 g/mol. The summed E-state index contributed by atoms with van der Waals surface area (Å²) in [6.45, 7) is 7.70. The van der Waals surface area contributed by atoms with Crippen molar-refractivity contribution in [1.29, 1.82) is 0 Å². The predicted octanol–water partition coefficient (Wildman–Crippen LogP) is 1.34. The van der Waals surface area contributed by atoms with Crippen LogP contribution in [-0.4, -0.2) is 47.5 Å². The number of carbonyl (C=O) groups is 1. The van der Waals surface area contributed by atoms with E-state index in [1.165, 1.54) is 18.3 Å². The highest BCUT2D eigenvalue weighted by Gasteiger charge is 2.32. The van der Waals surface area contributed by atoms with Crippen LogP contribution in [0.15, 0.2) is 0 Å². The van der Waals surface area contributed by atoms with E-state index >= 15 is 0 Å². The lowest BCUT2D eigenvalue weighted by atomic mass is 9.83. The van der Waals surface area contributed by atoms with Crippen LogP contribution in [0.25, 0.3) is 11.9 Å². The number of ether oxygens (including phenoxy) is 2. The number of thiazole rings is 1. The number of amides is 1. The summed E-state index contributed by atoms with van der Waals surface area (Å²) in [4.78, 5) is 15.3. The van der Waals surface area contributed by atoms with Crippen molar-refractivity contribution in [3.05, 3.63) is 14.9 Å². The Balaban J connectivity index is 1.46. The van der Waals surface area contributed by atoms with Crippen LogP contribution in [0, 0.1) is 5.92 Å². The molecule has 1 unspecified atom stereocenters. The van der Waals surface area contributed by atoms with Gasteiger partial charge in [-0.25, -0.2) is 9.37 Å². The lowest BCUT2D eigenvalue weighted by molar-refractivity contribution is -0.120. The van der Waals surface area contributed by atoms with Crippen molar-refractivity contribution in [1.82, 2.24) is 10.3 Å². The molecule has 0 spiro atoms. The first-order chi connectivity index (χ1) is 13.1. The third kappa shape index (κ3) is 5.17. The quantitative estimate of drug-likeness (QED) is 0.674. The van der Waals surface area contributed by atoms with Crippen molar-refractivity contribution in [2.24, 2.45) is 5.92 Å². The molecule has 1 saturated carbocycles.